The number of rotatable bonds is 5. The van der Waals surface area contributed by atoms with E-state index in [0.717, 1.165) is 12.8 Å². The van der Waals surface area contributed by atoms with Crippen LogP contribution in [0.1, 0.15) is 51.9 Å². The topological polar surface area (TPSA) is 30.7 Å². The third kappa shape index (κ3) is 5.04. The van der Waals surface area contributed by atoms with Crippen molar-refractivity contribution in [3.8, 4) is 0 Å². The summed E-state index contributed by atoms with van der Waals surface area (Å²) in [6, 6.07) is 0. The van der Waals surface area contributed by atoms with Gasteiger partial charge in [0.1, 0.15) is 5.69 Å². The Balaban J connectivity index is 3.32. The second-order valence-corrected chi connectivity index (χ2v) is 9.88. The minimum Gasteiger partial charge on any atom is -0.246 e. The summed E-state index contributed by atoms with van der Waals surface area (Å²) in [5, 5.41) is 8.34. The zero-order chi connectivity index (χ0) is 16.5. The lowest BCUT2D eigenvalue weighted by molar-refractivity contribution is 0.403. The van der Waals surface area contributed by atoms with E-state index in [1.165, 1.54) is 0 Å². The molecule has 8 heteroatoms. The van der Waals surface area contributed by atoms with E-state index in [1.807, 2.05) is 0 Å². The van der Waals surface area contributed by atoms with Crippen LogP contribution < -0.4 is 0 Å². The maximum Gasteiger partial charge on any atom is 0.228 e. The number of hydrogen-bond donors (Lipinski definition) is 0. The van der Waals surface area contributed by atoms with E-state index in [2.05, 4.69) is 38.0 Å². The molecule has 0 atom stereocenters. The molecule has 0 unspecified atom stereocenters. The Kier molecular flexibility index (Phi) is 6.55. The van der Waals surface area contributed by atoms with E-state index >= 15 is 0 Å². The number of hydrogen-bond acceptors (Lipinski definition) is 2. The number of aromatic nitrogens is 3. The standard InChI is InChI=1S/C13H20Cl5N3/c1-5-6-7-21-10(12(14,15)13(16,17)18)9(19-20-21)8-11(2,3)4/h5-8H2,1-4H3. The fourth-order valence-corrected chi connectivity index (χ4v) is 2.59. The van der Waals surface area contributed by atoms with Gasteiger partial charge in [0.2, 0.25) is 8.13 Å². The molecule has 1 aromatic rings. The lowest BCUT2D eigenvalue weighted by atomic mass is 9.89. The Labute approximate surface area is 151 Å². The van der Waals surface area contributed by atoms with E-state index in [1.54, 1.807) is 4.68 Å². The lowest BCUT2D eigenvalue weighted by Crippen LogP contribution is -2.33. The normalized spacial score (nSPS) is 13.8. The van der Waals surface area contributed by atoms with Gasteiger partial charge in [0, 0.05) is 6.54 Å². The van der Waals surface area contributed by atoms with Gasteiger partial charge in [0.25, 0.3) is 0 Å². The van der Waals surface area contributed by atoms with Gasteiger partial charge in [-0.05, 0) is 18.3 Å². The highest BCUT2D eigenvalue weighted by molar-refractivity contribution is 6.75. The monoisotopic (exact) mass is 393 g/mol. The summed E-state index contributed by atoms with van der Waals surface area (Å²) in [6.45, 7) is 8.96. The highest BCUT2D eigenvalue weighted by Gasteiger charge is 2.51. The average Bonchev–Trinajstić information content (AvgIpc) is 2.65. The molecule has 0 fully saturated rings. The number of halogens is 5. The Bertz CT molecular complexity index is 471. The summed E-state index contributed by atoms with van der Waals surface area (Å²) in [5.41, 5.74) is 1.11. The van der Waals surface area contributed by atoms with Crippen LogP contribution in [0.3, 0.4) is 0 Å². The summed E-state index contributed by atoms with van der Waals surface area (Å²) in [5.74, 6) is 0. The van der Waals surface area contributed by atoms with E-state index in [0.29, 0.717) is 24.4 Å². The fourth-order valence-electron chi connectivity index (χ4n) is 1.91. The summed E-state index contributed by atoms with van der Waals surface area (Å²) in [4.78, 5) is 0. The third-order valence-electron chi connectivity index (χ3n) is 2.88. The second-order valence-electron chi connectivity index (χ2n) is 6.27. The Hall–Kier alpha value is 0.590. The highest BCUT2D eigenvalue weighted by Crippen LogP contribution is 2.53. The van der Waals surface area contributed by atoms with Crippen molar-refractivity contribution in [2.75, 3.05) is 0 Å². The predicted octanol–water partition coefficient (Wildman–Crippen LogP) is 5.67. The molecular weight excluding hydrogens is 375 g/mol. The van der Waals surface area contributed by atoms with Crippen LogP contribution in [-0.4, -0.2) is 18.8 Å². The third-order valence-corrected chi connectivity index (χ3v) is 5.24. The first-order chi connectivity index (χ1) is 9.40. The van der Waals surface area contributed by atoms with Crippen molar-refractivity contribution in [3.63, 3.8) is 0 Å². The summed E-state index contributed by atoms with van der Waals surface area (Å²) >= 11 is 30.6. The average molecular weight is 396 g/mol. The first kappa shape index (κ1) is 19.6. The molecular formula is C13H20Cl5N3. The van der Waals surface area contributed by atoms with Gasteiger partial charge < -0.3 is 0 Å². The number of nitrogens with zero attached hydrogens (tertiary/aromatic N) is 3. The van der Waals surface area contributed by atoms with E-state index in [9.17, 15) is 0 Å². The predicted molar refractivity (Wildman–Crippen MR) is 91.8 cm³/mol. The molecule has 0 radical (unpaired) electrons. The molecule has 0 amide bonds. The van der Waals surface area contributed by atoms with Gasteiger partial charge in [0.05, 0.1) is 5.69 Å². The van der Waals surface area contributed by atoms with E-state index in [-0.39, 0.29) is 5.41 Å². The molecule has 0 aromatic carbocycles. The van der Waals surface area contributed by atoms with Crippen molar-refractivity contribution in [2.45, 2.75) is 61.6 Å². The number of alkyl halides is 5. The minimum atomic E-state index is -1.88. The first-order valence-electron chi connectivity index (χ1n) is 6.77. The highest BCUT2D eigenvalue weighted by atomic mass is 35.6. The molecule has 0 aliphatic heterocycles. The van der Waals surface area contributed by atoms with Crippen LogP contribution in [0.4, 0.5) is 0 Å². The quantitative estimate of drug-likeness (QED) is 0.602. The lowest BCUT2D eigenvalue weighted by Gasteiger charge is -2.29. The van der Waals surface area contributed by atoms with Gasteiger partial charge in [0.15, 0.2) is 0 Å². The summed E-state index contributed by atoms with van der Waals surface area (Å²) in [6.07, 6.45) is 2.55. The summed E-state index contributed by atoms with van der Waals surface area (Å²) in [7, 11) is 0. The van der Waals surface area contributed by atoms with Gasteiger partial charge >= 0.3 is 0 Å². The van der Waals surface area contributed by atoms with Crippen LogP contribution >= 0.6 is 58.0 Å². The van der Waals surface area contributed by atoms with E-state index < -0.39 is 8.13 Å². The van der Waals surface area contributed by atoms with Crippen molar-refractivity contribution >= 4 is 58.0 Å². The maximum atomic E-state index is 6.37. The zero-order valence-corrected chi connectivity index (χ0v) is 16.3. The van der Waals surface area contributed by atoms with Crippen molar-refractivity contribution < 1.29 is 0 Å². The van der Waals surface area contributed by atoms with Crippen LogP contribution in [0.5, 0.6) is 0 Å². The largest absolute Gasteiger partial charge is 0.246 e. The van der Waals surface area contributed by atoms with Crippen molar-refractivity contribution in [1.29, 1.82) is 0 Å². The van der Waals surface area contributed by atoms with Gasteiger partial charge in [-0.2, -0.15) is 0 Å². The van der Waals surface area contributed by atoms with Crippen molar-refractivity contribution in [1.82, 2.24) is 15.0 Å². The molecule has 21 heavy (non-hydrogen) atoms. The molecule has 122 valence electrons. The molecule has 0 bridgehead atoms. The Morgan fingerprint density at radius 2 is 1.62 bits per heavy atom. The molecule has 0 N–H and O–H groups in total. The van der Waals surface area contributed by atoms with Gasteiger partial charge in [-0.25, -0.2) is 4.68 Å². The van der Waals surface area contributed by atoms with Crippen molar-refractivity contribution in [2.24, 2.45) is 5.41 Å². The molecule has 0 saturated carbocycles. The smallest absolute Gasteiger partial charge is 0.228 e. The van der Waals surface area contributed by atoms with Crippen LogP contribution in [0.15, 0.2) is 0 Å². The Morgan fingerprint density at radius 1 is 1.05 bits per heavy atom. The van der Waals surface area contributed by atoms with Crippen LogP contribution in [0.25, 0.3) is 0 Å². The number of unbranched alkanes of at least 4 members (excludes halogenated alkanes) is 1. The Morgan fingerprint density at radius 3 is 2.05 bits per heavy atom. The molecule has 1 aromatic heterocycles. The second kappa shape index (κ2) is 7.00. The maximum absolute atomic E-state index is 6.37. The van der Waals surface area contributed by atoms with Crippen LogP contribution in [0, 0.1) is 5.41 Å². The van der Waals surface area contributed by atoms with Gasteiger partial charge in [-0.3, -0.25) is 0 Å². The minimum absolute atomic E-state index is 0.0160. The van der Waals surface area contributed by atoms with Crippen LogP contribution in [0.2, 0.25) is 0 Å². The van der Waals surface area contributed by atoms with Gasteiger partial charge in [-0.15, -0.1) is 5.10 Å². The summed E-state index contributed by atoms with van der Waals surface area (Å²) < 4.78 is -1.95. The molecule has 0 saturated heterocycles. The first-order valence-corrected chi connectivity index (χ1v) is 8.66. The number of aryl methyl sites for hydroxylation is 1. The molecule has 0 spiro atoms. The molecule has 1 rings (SSSR count). The zero-order valence-electron chi connectivity index (χ0n) is 12.6. The fraction of sp³-hybridized carbons (Fsp3) is 0.846. The van der Waals surface area contributed by atoms with Crippen molar-refractivity contribution in [3.05, 3.63) is 11.4 Å². The molecule has 0 aliphatic rings. The van der Waals surface area contributed by atoms with Crippen LogP contribution in [-0.2, 0) is 17.3 Å². The SMILES string of the molecule is CCCCn1nnc(CC(C)(C)C)c1C(Cl)(Cl)C(Cl)(Cl)Cl. The molecule has 3 nitrogen and oxygen atoms in total. The molecule has 1 heterocycles. The van der Waals surface area contributed by atoms with E-state index in [4.69, 9.17) is 58.0 Å². The molecule has 0 aliphatic carbocycles. The van der Waals surface area contributed by atoms with Gasteiger partial charge in [-0.1, -0.05) is 97.3 Å².